The van der Waals surface area contributed by atoms with Gasteiger partial charge in [-0.1, -0.05) is 19.3 Å². The molecule has 1 aliphatic heterocycles. The van der Waals surface area contributed by atoms with E-state index in [0.717, 1.165) is 13.0 Å². The van der Waals surface area contributed by atoms with Crippen LogP contribution in [0.4, 0.5) is 0 Å². The number of carbonyl (C=O) groups excluding carboxylic acids is 1. The Balaban J connectivity index is 2.13. The molecule has 1 saturated carbocycles. The van der Waals surface area contributed by atoms with Crippen LogP contribution in [0.2, 0.25) is 0 Å². The number of hydrogen-bond acceptors (Lipinski definition) is 2. The van der Waals surface area contributed by atoms with Crippen molar-refractivity contribution in [2.24, 2.45) is 11.1 Å². The topological polar surface area (TPSA) is 55.1 Å². The van der Waals surface area contributed by atoms with Crippen molar-refractivity contribution in [1.82, 2.24) is 5.32 Å². The second-order valence-corrected chi connectivity index (χ2v) is 4.46. The third kappa shape index (κ3) is 1.46. The van der Waals surface area contributed by atoms with Crippen molar-refractivity contribution in [2.45, 2.75) is 44.6 Å². The van der Waals surface area contributed by atoms with Crippen LogP contribution in [-0.4, -0.2) is 18.5 Å². The van der Waals surface area contributed by atoms with E-state index in [9.17, 15) is 4.79 Å². The second-order valence-electron chi connectivity index (χ2n) is 4.46. The highest BCUT2D eigenvalue weighted by Gasteiger charge is 2.45. The van der Waals surface area contributed by atoms with Gasteiger partial charge in [-0.15, -0.1) is 0 Å². The van der Waals surface area contributed by atoms with Gasteiger partial charge in [0.2, 0.25) is 5.91 Å². The van der Waals surface area contributed by atoms with Crippen LogP contribution in [0, 0.1) is 5.41 Å². The highest BCUT2D eigenvalue weighted by Crippen LogP contribution is 2.44. The van der Waals surface area contributed by atoms with Crippen LogP contribution in [0.3, 0.4) is 0 Å². The summed E-state index contributed by atoms with van der Waals surface area (Å²) in [6.45, 7) is 0.966. The Hall–Kier alpha value is -0.570. The lowest BCUT2D eigenvalue weighted by molar-refractivity contribution is -0.122. The van der Waals surface area contributed by atoms with Gasteiger partial charge < -0.3 is 11.1 Å². The van der Waals surface area contributed by atoms with Gasteiger partial charge in [0.25, 0.3) is 0 Å². The van der Waals surface area contributed by atoms with Crippen LogP contribution in [0.5, 0.6) is 0 Å². The molecule has 1 unspecified atom stereocenters. The van der Waals surface area contributed by atoms with Crippen molar-refractivity contribution in [2.75, 3.05) is 6.54 Å². The van der Waals surface area contributed by atoms with E-state index >= 15 is 0 Å². The first-order chi connectivity index (χ1) is 6.25. The molecule has 0 aromatic carbocycles. The van der Waals surface area contributed by atoms with Crippen molar-refractivity contribution in [1.29, 1.82) is 0 Å². The van der Waals surface area contributed by atoms with E-state index in [1.54, 1.807) is 0 Å². The fourth-order valence-corrected chi connectivity index (χ4v) is 3.02. The quantitative estimate of drug-likeness (QED) is 0.629. The Labute approximate surface area is 79.1 Å². The minimum Gasteiger partial charge on any atom is -0.368 e. The molecule has 1 spiro atoms. The van der Waals surface area contributed by atoms with E-state index in [4.69, 9.17) is 5.73 Å². The molecule has 13 heavy (non-hydrogen) atoms. The van der Waals surface area contributed by atoms with Crippen molar-refractivity contribution >= 4 is 5.91 Å². The zero-order chi connectivity index (χ0) is 9.31. The van der Waals surface area contributed by atoms with Gasteiger partial charge >= 0.3 is 0 Å². The Kier molecular flexibility index (Phi) is 2.28. The third-order valence-electron chi connectivity index (χ3n) is 3.72. The maximum absolute atomic E-state index is 11.2. The zero-order valence-electron chi connectivity index (χ0n) is 8.01. The molecule has 0 bridgehead atoms. The molecule has 1 atom stereocenters. The summed E-state index contributed by atoms with van der Waals surface area (Å²) >= 11 is 0. The van der Waals surface area contributed by atoms with Crippen molar-refractivity contribution in [3.8, 4) is 0 Å². The van der Waals surface area contributed by atoms with Gasteiger partial charge in [-0.05, 0) is 31.2 Å². The minimum absolute atomic E-state index is 0.0483. The van der Waals surface area contributed by atoms with Gasteiger partial charge in [0.05, 0.1) is 6.04 Å². The molecule has 0 radical (unpaired) electrons. The summed E-state index contributed by atoms with van der Waals surface area (Å²) in [6, 6.07) is -0.0483. The number of amides is 1. The summed E-state index contributed by atoms with van der Waals surface area (Å²) in [5.74, 6) is -0.153. The maximum atomic E-state index is 11.2. The molecule has 1 saturated heterocycles. The number of rotatable bonds is 1. The van der Waals surface area contributed by atoms with Crippen LogP contribution in [0.1, 0.15) is 38.5 Å². The summed E-state index contributed by atoms with van der Waals surface area (Å²) in [6.07, 6.45) is 7.38. The van der Waals surface area contributed by atoms with E-state index in [2.05, 4.69) is 5.32 Å². The zero-order valence-corrected chi connectivity index (χ0v) is 8.01. The van der Waals surface area contributed by atoms with Gasteiger partial charge in [0, 0.05) is 0 Å². The summed E-state index contributed by atoms with van der Waals surface area (Å²) < 4.78 is 0. The predicted octanol–water partition coefficient (Wildman–Crippen LogP) is 0.784. The molecular weight excluding hydrogens is 164 g/mol. The molecule has 1 amide bonds. The van der Waals surface area contributed by atoms with Crippen molar-refractivity contribution in [3.05, 3.63) is 0 Å². The first kappa shape index (κ1) is 9.00. The van der Waals surface area contributed by atoms with E-state index in [-0.39, 0.29) is 17.4 Å². The van der Waals surface area contributed by atoms with Gasteiger partial charge in [0.1, 0.15) is 0 Å². The molecule has 3 nitrogen and oxygen atoms in total. The number of nitrogens with one attached hydrogen (secondary N) is 1. The third-order valence-corrected chi connectivity index (χ3v) is 3.72. The predicted molar refractivity (Wildman–Crippen MR) is 51.1 cm³/mol. The van der Waals surface area contributed by atoms with Gasteiger partial charge in [-0.25, -0.2) is 0 Å². The van der Waals surface area contributed by atoms with E-state index in [1.165, 1.54) is 32.1 Å². The lowest BCUT2D eigenvalue weighted by Gasteiger charge is -2.36. The summed E-state index contributed by atoms with van der Waals surface area (Å²) in [7, 11) is 0. The van der Waals surface area contributed by atoms with E-state index in [0.29, 0.717) is 0 Å². The number of carbonyl (C=O) groups is 1. The highest BCUT2D eigenvalue weighted by molar-refractivity contribution is 5.81. The largest absolute Gasteiger partial charge is 0.368 e. The molecule has 2 rings (SSSR count). The smallest absolute Gasteiger partial charge is 0.235 e. The standard InChI is InChI=1S/C10H18N2O/c11-9(13)8-10(6-7-12-8)4-2-1-3-5-10/h8,12H,1-7H2,(H2,11,13). The average Bonchev–Trinajstić information content (AvgIpc) is 2.50. The molecule has 1 aliphatic carbocycles. The van der Waals surface area contributed by atoms with Gasteiger partial charge in [-0.3, -0.25) is 4.79 Å². The Morgan fingerprint density at radius 3 is 2.54 bits per heavy atom. The van der Waals surface area contributed by atoms with Gasteiger partial charge in [-0.2, -0.15) is 0 Å². The molecule has 3 heteroatoms. The summed E-state index contributed by atoms with van der Waals surface area (Å²) in [5, 5.41) is 3.24. The van der Waals surface area contributed by atoms with E-state index < -0.39 is 0 Å². The second kappa shape index (κ2) is 3.29. The SMILES string of the molecule is NC(=O)C1NCCC12CCCCC2. The molecule has 0 aromatic rings. The summed E-state index contributed by atoms with van der Waals surface area (Å²) in [4.78, 5) is 11.2. The summed E-state index contributed by atoms with van der Waals surface area (Å²) in [5.41, 5.74) is 5.63. The molecule has 1 heterocycles. The lowest BCUT2D eigenvalue weighted by atomic mass is 9.69. The maximum Gasteiger partial charge on any atom is 0.235 e. The van der Waals surface area contributed by atoms with Crippen LogP contribution >= 0.6 is 0 Å². The highest BCUT2D eigenvalue weighted by atomic mass is 16.1. The molecule has 2 aliphatic rings. The fraction of sp³-hybridized carbons (Fsp3) is 0.900. The van der Waals surface area contributed by atoms with Crippen molar-refractivity contribution < 1.29 is 4.79 Å². The van der Waals surface area contributed by atoms with Crippen LogP contribution in [0.25, 0.3) is 0 Å². The number of hydrogen-bond donors (Lipinski definition) is 2. The molecule has 2 fully saturated rings. The fourth-order valence-electron chi connectivity index (χ4n) is 3.02. The van der Waals surface area contributed by atoms with Gasteiger partial charge in [0.15, 0.2) is 0 Å². The molecule has 74 valence electrons. The van der Waals surface area contributed by atoms with Crippen molar-refractivity contribution in [3.63, 3.8) is 0 Å². The Morgan fingerprint density at radius 2 is 1.92 bits per heavy atom. The Bertz CT molecular complexity index is 209. The molecule has 0 aromatic heterocycles. The van der Waals surface area contributed by atoms with E-state index in [1.807, 2.05) is 0 Å². The normalized spacial score (nSPS) is 32.2. The Morgan fingerprint density at radius 1 is 1.23 bits per heavy atom. The van der Waals surface area contributed by atoms with Crippen LogP contribution < -0.4 is 11.1 Å². The number of nitrogens with two attached hydrogens (primary N) is 1. The minimum atomic E-state index is -0.153. The van der Waals surface area contributed by atoms with Crippen LogP contribution in [-0.2, 0) is 4.79 Å². The average molecular weight is 182 g/mol. The lowest BCUT2D eigenvalue weighted by Crippen LogP contribution is -2.47. The monoisotopic (exact) mass is 182 g/mol. The first-order valence-corrected chi connectivity index (χ1v) is 5.27. The number of primary amides is 1. The molecular formula is C10H18N2O. The first-order valence-electron chi connectivity index (χ1n) is 5.27. The molecule has 3 N–H and O–H groups in total. The van der Waals surface area contributed by atoms with Crippen LogP contribution in [0.15, 0.2) is 0 Å².